The van der Waals surface area contributed by atoms with E-state index in [4.69, 9.17) is 0 Å². The molecule has 5 nitrogen and oxygen atoms in total. The Morgan fingerprint density at radius 2 is 2.35 bits per heavy atom. The standard InChI is InChI=1S/C12H20N4OS2.ClH/c1-2-3-4-11-15-16-12(19-11)14-10(17)7-9-8-18-6-5-13-9;/h9,13H,2-8H2,1H3,(H,14,16,17);1H. The summed E-state index contributed by atoms with van der Waals surface area (Å²) in [6.45, 7) is 3.14. The Kier molecular flexibility index (Phi) is 8.44. The van der Waals surface area contributed by atoms with Gasteiger partial charge in [0.05, 0.1) is 0 Å². The van der Waals surface area contributed by atoms with Crippen molar-refractivity contribution in [1.29, 1.82) is 0 Å². The molecule has 1 amide bonds. The molecule has 0 radical (unpaired) electrons. The quantitative estimate of drug-likeness (QED) is 0.834. The predicted octanol–water partition coefficient (Wildman–Crippen LogP) is 2.34. The molecule has 1 fully saturated rings. The maximum Gasteiger partial charge on any atom is 0.227 e. The van der Waals surface area contributed by atoms with Crippen LogP contribution in [0.1, 0.15) is 31.2 Å². The molecule has 0 aromatic carbocycles. The number of nitrogens with zero attached hydrogens (tertiary/aromatic N) is 2. The van der Waals surface area contributed by atoms with Crippen LogP contribution in [0.5, 0.6) is 0 Å². The van der Waals surface area contributed by atoms with Crippen LogP contribution in [0.3, 0.4) is 0 Å². The minimum atomic E-state index is 0. The van der Waals surface area contributed by atoms with Crippen molar-refractivity contribution in [3.8, 4) is 0 Å². The zero-order valence-electron chi connectivity index (χ0n) is 11.6. The molecule has 1 aliphatic heterocycles. The highest BCUT2D eigenvalue weighted by Crippen LogP contribution is 2.18. The number of carbonyl (C=O) groups excluding carboxylic acids is 1. The van der Waals surface area contributed by atoms with Crippen molar-refractivity contribution in [3.63, 3.8) is 0 Å². The number of thioether (sulfide) groups is 1. The lowest BCUT2D eigenvalue weighted by molar-refractivity contribution is -0.116. The number of carbonyl (C=O) groups is 1. The van der Waals surface area contributed by atoms with Crippen LogP contribution in [0.4, 0.5) is 5.13 Å². The lowest BCUT2D eigenvalue weighted by atomic mass is 10.2. The Bertz CT molecular complexity index is 410. The van der Waals surface area contributed by atoms with E-state index < -0.39 is 0 Å². The van der Waals surface area contributed by atoms with Crippen molar-refractivity contribution in [2.45, 2.75) is 38.6 Å². The van der Waals surface area contributed by atoms with Crippen LogP contribution in [-0.4, -0.2) is 40.2 Å². The zero-order chi connectivity index (χ0) is 13.5. The van der Waals surface area contributed by atoms with Crippen LogP contribution < -0.4 is 10.6 Å². The summed E-state index contributed by atoms with van der Waals surface area (Å²) in [5, 5.41) is 15.9. The van der Waals surface area contributed by atoms with E-state index in [0.29, 0.717) is 11.6 Å². The van der Waals surface area contributed by atoms with Gasteiger partial charge in [-0.25, -0.2) is 0 Å². The van der Waals surface area contributed by atoms with Gasteiger partial charge in [0.1, 0.15) is 5.01 Å². The van der Waals surface area contributed by atoms with Gasteiger partial charge in [0.25, 0.3) is 0 Å². The number of aromatic nitrogens is 2. The molecule has 1 aromatic rings. The summed E-state index contributed by atoms with van der Waals surface area (Å²) < 4.78 is 0. The second-order valence-corrected chi connectivity index (χ2v) is 6.79. The van der Waals surface area contributed by atoms with Crippen LogP contribution in [0.25, 0.3) is 0 Å². The number of aryl methyl sites for hydroxylation is 1. The molecule has 2 rings (SSSR count). The van der Waals surface area contributed by atoms with Gasteiger partial charge in [0.2, 0.25) is 11.0 Å². The van der Waals surface area contributed by atoms with Crippen molar-refractivity contribution in [2.24, 2.45) is 0 Å². The first-order chi connectivity index (χ1) is 9.28. The van der Waals surface area contributed by atoms with Gasteiger partial charge in [-0.15, -0.1) is 22.6 Å². The molecule has 0 aliphatic carbocycles. The van der Waals surface area contributed by atoms with Crippen molar-refractivity contribution < 1.29 is 4.79 Å². The zero-order valence-corrected chi connectivity index (χ0v) is 14.0. The SMILES string of the molecule is CCCCc1nnc(NC(=O)CC2CSCCN2)s1.Cl. The summed E-state index contributed by atoms with van der Waals surface area (Å²) in [6.07, 6.45) is 3.72. The molecule has 20 heavy (non-hydrogen) atoms. The van der Waals surface area contributed by atoms with Gasteiger partial charge >= 0.3 is 0 Å². The Morgan fingerprint density at radius 1 is 1.50 bits per heavy atom. The molecule has 1 aliphatic rings. The molecule has 1 aromatic heterocycles. The Labute approximate surface area is 134 Å². The number of unbranched alkanes of at least 4 members (excludes halogenated alkanes) is 1. The van der Waals surface area contributed by atoms with E-state index in [2.05, 4.69) is 27.8 Å². The number of hydrogen-bond acceptors (Lipinski definition) is 6. The van der Waals surface area contributed by atoms with E-state index in [9.17, 15) is 4.79 Å². The van der Waals surface area contributed by atoms with Crippen LogP contribution >= 0.6 is 35.5 Å². The maximum atomic E-state index is 11.9. The number of rotatable bonds is 6. The molecule has 114 valence electrons. The number of nitrogens with one attached hydrogen (secondary N) is 2. The number of hydrogen-bond donors (Lipinski definition) is 2. The van der Waals surface area contributed by atoms with Gasteiger partial charge in [-0.1, -0.05) is 24.7 Å². The highest BCUT2D eigenvalue weighted by Gasteiger charge is 2.17. The molecule has 1 unspecified atom stereocenters. The van der Waals surface area contributed by atoms with Crippen LogP contribution in [-0.2, 0) is 11.2 Å². The molecule has 0 bridgehead atoms. The average Bonchev–Trinajstić information content (AvgIpc) is 2.85. The fourth-order valence-electron chi connectivity index (χ4n) is 1.88. The smallest absolute Gasteiger partial charge is 0.227 e. The third-order valence-corrected chi connectivity index (χ3v) is 4.92. The summed E-state index contributed by atoms with van der Waals surface area (Å²) in [7, 11) is 0. The minimum absolute atomic E-state index is 0. The highest BCUT2D eigenvalue weighted by molar-refractivity contribution is 7.99. The molecule has 0 spiro atoms. The molecule has 2 heterocycles. The topological polar surface area (TPSA) is 66.9 Å². The molecule has 0 saturated carbocycles. The fraction of sp³-hybridized carbons (Fsp3) is 0.750. The molecule has 2 N–H and O–H groups in total. The van der Waals surface area contributed by atoms with Gasteiger partial charge in [-0.2, -0.15) is 11.8 Å². The molecule has 1 saturated heterocycles. The van der Waals surface area contributed by atoms with Crippen LogP contribution in [0.2, 0.25) is 0 Å². The summed E-state index contributed by atoms with van der Waals surface area (Å²) in [4.78, 5) is 11.9. The second-order valence-electron chi connectivity index (χ2n) is 4.58. The molecular formula is C12H21ClN4OS2. The van der Waals surface area contributed by atoms with E-state index in [-0.39, 0.29) is 24.4 Å². The number of anilines is 1. The van der Waals surface area contributed by atoms with Crippen molar-refractivity contribution in [1.82, 2.24) is 15.5 Å². The second kappa shape index (κ2) is 9.55. The number of amides is 1. The average molecular weight is 337 g/mol. The first-order valence-corrected chi connectivity index (χ1v) is 8.68. The van der Waals surface area contributed by atoms with Crippen LogP contribution in [0.15, 0.2) is 0 Å². The first-order valence-electron chi connectivity index (χ1n) is 6.71. The van der Waals surface area contributed by atoms with E-state index in [1.54, 1.807) is 0 Å². The Balaban J connectivity index is 0.00000200. The maximum absolute atomic E-state index is 11.9. The summed E-state index contributed by atoms with van der Waals surface area (Å²) in [5.41, 5.74) is 0. The van der Waals surface area contributed by atoms with Gasteiger partial charge in [0, 0.05) is 36.9 Å². The van der Waals surface area contributed by atoms with E-state index in [1.807, 2.05) is 11.8 Å². The van der Waals surface area contributed by atoms with Crippen molar-refractivity contribution >= 4 is 46.5 Å². The molecule has 8 heteroatoms. The van der Waals surface area contributed by atoms with E-state index in [1.165, 1.54) is 11.3 Å². The van der Waals surface area contributed by atoms with E-state index in [0.717, 1.165) is 42.3 Å². The highest BCUT2D eigenvalue weighted by atomic mass is 35.5. The van der Waals surface area contributed by atoms with E-state index >= 15 is 0 Å². The lowest BCUT2D eigenvalue weighted by Crippen LogP contribution is -2.39. The Hall–Kier alpha value is -0.370. The monoisotopic (exact) mass is 336 g/mol. The summed E-state index contributed by atoms with van der Waals surface area (Å²) >= 11 is 3.38. The normalized spacial score (nSPS) is 18.4. The summed E-state index contributed by atoms with van der Waals surface area (Å²) in [5.74, 6) is 2.17. The van der Waals surface area contributed by atoms with Crippen LogP contribution in [0, 0.1) is 0 Å². The van der Waals surface area contributed by atoms with Gasteiger partial charge < -0.3 is 10.6 Å². The molecule has 1 atom stereocenters. The van der Waals surface area contributed by atoms with Crippen molar-refractivity contribution in [2.75, 3.05) is 23.4 Å². The predicted molar refractivity (Wildman–Crippen MR) is 88.1 cm³/mol. The summed E-state index contributed by atoms with van der Waals surface area (Å²) in [6, 6.07) is 0.284. The number of halogens is 1. The van der Waals surface area contributed by atoms with Gasteiger partial charge in [-0.3, -0.25) is 4.79 Å². The van der Waals surface area contributed by atoms with Crippen molar-refractivity contribution in [3.05, 3.63) is 5.01 Å². The fourth-order valence-corrected chi connectivity index (χ4v) is 3.62. The third kappa shape index (κ3) is 5.95. The first kappa shape index (κ1) is 17.7. The van der Waals surface area contributed by atoms with Gasteiger partial charge in [-0.05, 0) is 6.42 Å². The largest absolute Gasteiger partial charge is 0.312 e. The molecular weight excluding hydrogens is 316 g/mol. The lowest BCUT2D eigenvalue weighted by Gasteiger charge is -2.22. The third-order valence-electron chi connectivity index (χ3n) is 2.89. The minimum Gasteiger partial charge on any atom is -0.312 e. The van der Waals surface area contributed by atoms with Gasteiger partial charge in [0.15, 0.2) is 0 Å². The Morgan fingerprint density at radius 3 is 3.05 bits per heavy atom.